The van der Waals surface area contributed by atoms with E-state index in [-0.39, 0.29) is 11.9 Å². The van der Waals surface area contributed by atoms with Crippen LogP contribution in [0.4, 0.5) is 5.69 Å². The molecule has 4 nitrogen and oxygen atoms in total. The molecule has 4 heteroatoms. The Kier molecular flexibility index (Phi) is 4.56. The summed E-state index contributed by atoms with van der Waals surface area (Å²) in [5.41, 5.74) is 2.17. The van der Waals surface area contributed by atoms with Crippen LogP contribution >= 0.6 is 0 Å². The van der Waals surface area contributed by atoms with Crippen molar-refractivity contribution in [2.45, 2.75) is 25.8 Å². The van der Waals surface area contributed by atoms with Crippen molar-refractivity contribution >= 4 is 11.6 Å². The number of benzene rings is 1. The molecule has 0 radical (unpaired) electrons. The van der Waals surface area contributed by atoms with E-state index in [0.717, 1.165) is 12.2 Å². The Bertz CT molecular complexity index is 440. The highest BCUT2D eigenvalue weighted by atomic mass is 16.5. The molecule has 0 aromatic heterocycles. The van der Waals surface area contributed by atoms with Gasteiger partial charge in [0.15, 0.2) is 0 Å². The number of carbonyl (C=O) groups excluding carboxylic acids is 1. The number of ether oxygens (including phenoxy) is 1. The first-order chi connectivity index (χ1) is 9.09. The number of morpholine rings is 1. The van der Waals surface area contributed by atoms with Gasteiger partial charge in [-0.05, 0) is 23.6 Å². The maximum absolute atomic E-state index is 12.4. The Morgan fingerprint density at radius 3 is 2.89 bits per heavy atom. The number of amides is 1. The van der Waals surface area contributed by atoms with Crippen LogP contribution in [0.2, 0.25) is 0 Å². The number of nitrogens with zero attached hydrogens (tertiary/aromatic N) is 1. The Balaban J connectivity index is 2.11. The van der Waals surface area contributed by atoms with Crippen molar-refractivity contribution in [1.29, 1.82) is 0 Å². The molecule has 1 aromatic rings. The van der Waals surface area contributed by atoms with Crippen molar-refractivity contribution in [1.82, 2.24) is 5.32 Å². The molecule has 0 spiro atoms. The highest BCUT2D eigenvalue weighted by molar-refractivity contribution is 5.96. The molecule has 2 rings (SSSR count). The quantitative estimate of drug-likeness (QED) is 0.902. The standard InChI is InChI=1S/C15H22N2O2/c1-11(2)12-5-4-6-13(9-12)17(3)15(18)14-10-19-8-7-16-14/h4-6,9,11,14,16H,7-8,10H2,1-3H3. The number of carbonyl (C=O) groups is 1. The topological polar surface area (TPSA) is 41.6 Å². The fraction of sp³-hybridized carbons (Fsp3) is 0.533. The van der Waals surface area contributed by atoms with Crippen LogP contribution in [0.25, 0.3) is 0 Å². The monoisotopic (exact) mass is 262 g/mol. The molecule has 104 valence electrons. The predicted molar refractivity (Wildman–Crippen MR) is 76.6 cm³/mol. The summed E-state index contributed by atoms with van der Waals surface area (Å²) in [5.74, 6) is 0.514. The van der Waals surface area contributed by atoms with Crippen molar-refractivity contribution in [3.05, 3.63) is 29.8 Å². The number of likely N-dealkylation sites (N-methyl/N-ethyl adjacent to an activating group) is 1. The van der Waals surface area contributed by atoms with Crippen molar-refractivity contribution in [3.8, 4) is 0 Å². The molecule has 1 fully saturated rings. The summed E-state index contributed by atoms with van der Waals surface area (Å²) < 4.78 is 5.34. The molecule has 1 atom stereocenters. The van der Waals surface area contributed by atoms with E-state index in [9.17, 15) is 4.79 Å². The van der Waals surface area contributed by atoms with Crippen molar-refractivity contribution in [3.63, 3.8) is 0 Å². The van der Waals surface area contributed by atoms with Crippen LogP contribution in [0.3, 0.4) is 0 Å². The van der Waals surface area contributed by atoms with Crippen LogP contribution in [0.15, 0.2) is 24.3 Å². The summed E-state index contributed by atoms with van der Waals surface area (Å²) in [6, 6.07) is 7.90. The van der Waals surface area contributed by atoms with Crippen LogP contribution in [0.5, 0.6) is 0 Å². The molecular weight excluding hydrogens is 240 g/mol. The lowest BCUT2D eigenvalue weighted by atomic mass is 10.0. The first-order valence-electron chi connectivity index (χ1n) is 6.78. The highest BCUT2D eigenvalue weighted by Crippen LogP contribution is 2.21. The number of hydrogen-bond acceptors (Lipinski definition) is 3. The average Bonchev–Trinajstić information content (AvgIpc) is 2.46. The smallest absolute Gasteiger partial charge is 0.246 e. The Hall–Kier alpha value is -1.39. The fourth-order valence-corrected chi connectivity index (χ4v) is 2.18. The number of nitrogens with one attached hydrogen (secondary N) is 1. The second kappa shape index (κ2) is 6.17. The molecule has 0 aliphatic carbocycles. The lowest BCUT2D eigenvalue weighted by Crippen LogP contribution is -2.51. The molecule has 19 heavy (non-hydrogen) atoms. The normalized spacial score (nSPS) is 19.5. The second-order valence-electron chi connectivity index (χ2n) is 5.23. The van der Waals surface area contributed by atoms with E-state index < -0.39 is 0 Å². The van der Waals surface area contributed by atoms with Gasteiger partial charge in [0.1, 0.15) is 6.04 Å². The summed E-state index contributed by atoms with van der Waals surface area (Å²) in [5, 5.41) is 3.19. The zero-order valence-electron chi connectivity index (χ0n) is 11.8. The summed E-state index contributed by atoms with van der Waals surface area (Å²) in [7, 11) is 1.82. The van der Waals surface area contributed by atoms with Gasteiger partial charge in [0.25, 0.3) is 0 Å². The molecule has 1 heterocycles. The van der Waals surface area contributed by atoms with Gasteiger partial charge < -0.3 is 15.0 Å². The third-order valence-corrected chi connectivity index (χ3v) is 3.47. The molecule has 0 bridgehead atoms. The van der Waals surface area contributed by atoms with Gasteiger partial charge >= 0.3 is 0 Å². The largest absolute Gasteiger partial charge is 0.378 e. The van der Waals surface area contributed by atoms with E-state index in [4.69, 9.17) is 4.74 Å². The predicted octanol–water partition coefficient (Wildman–Crippen LogP) is 1.76. The SMILES string of the molecule is CC(C)c1cccc(N(C)C(=O)C2COCCN2)c1. The Labute approximate surface area is 114 Å². The summed E-state index contributed by atoms with van der Waals surface area (Å²) in [6.45, 7) is 6.16. The third kappa shape index (κ3) is 3.33. The molecule has 1 aliphatic rings. The lowest BCUT2D eigenvalue weighted by molar-refractivity contribution is -0.123. The van der Waals surface area contributed by atoms with E-state index in [1.807, 2.05) is 19.2 Å². The van der Waals surface area contributed by atoms with Crippen molar-refractivity contribution in [2.24, 2.45) is 0 Å². The van der Waals surface area contributed by atoms with Gasteiger partial charge in [0, 0.05) is 19.3 Å². The summed E-state index contributed by atoms with van der Waals surface area (Å²) in [4.78, 5) is 14.1. The maximum Gasteiger partial charge on any atom is 0.246 e. The van der Waals surface area contributed by atoms with Gasteiger partial charge in [-0.15, -0.1) is 0 Å². The molecule has 1 saturated heterocycles. The van der Waals surface area contributed by atoms with Crippen LogP contribution in [0.1, 0.15) is 25.3 Å². The zero-order chi connectivity index (χ0) is 13.8. The van der Waals surface area contributed by atoms with Crippen molar-refractivity contribution < 1.29 is 9.53 Å². The molecule has 0 saturated carbocycles. The molecule has 1 N–H and O–H groups in total. The van der Waals surface area contributed by atoms with Gasteiger partial charge in [-0.25, -0.2) is 0 Å². The molecule has 1 aromatic carbocycles. The number of anilines is 1. The maximum atomic E-state index is 12.4. The van der Waals surface area contributed by atoms with Gasteiger partial charge in [-0.3, -0.25) is 4.79 Å². The Morgan fingerprint density at radius 1 is 1.47 bits per heavy atom. The minimum atomic E-state index is -0.235. The van der Waals surface area contributed by atoms with Gasteiger partial charge in [0.2, 0.25) is 5.91 Å². The van der Waals surface area contributed by atoms with Crippen LogP contribution in [-0.2, 0) is 9.53 Å². The van der Waals surface area contributed by atoms with Crippen LogP contribution < -0.4 is 10.2 Å². The summed E-state index contributed by atoms with van der Waals surface area (Å²) in [6.07, 6.45) is 0. The van der Waals surface area contributed by atoms with E-state index in [2.05, 4.69) is 31.3 Å². The first-order valence-corrected chi connectivity index (χ1v) is 6.78. The van der Waals surface area contributed by atoms with E-state index in [1.54, 1.807) is 4.90 Å². The number of hydrogen-bond donors (Lipinski definition) is 1. The molecule has 1 amide bonds. The minimum Gasteiger partial charge on any atom is -0.378 e. The molecular formula is C15H22N2O2. The fourth-order valence-electron chi connectivity index (χ4n) is 2.18. The average molecular weight is 262 g/mol. The van der Waals surface area contributed by atoms with E-state index >= 15 is 0 Å². The van der Waals surface area contributed by atoms with Gasteiger partial charge in [0.05, 0.1) is 13.2 Å². The molecule has 1 unspecified atom stereocenters. The van der Waals surface area contributed by atoms with E-state index in [0.29, 0.717) is 19.1 Å². The minimum absolute atomic E-state index is 0.0561. The van der Waals surface area contributed by atoms with Crippen LogP contribution in [-0.4, -0.2) is 38.8 Å². The van der Waals surface area contributed by atoms with Crippen molar-refractivity contribution in [2.75, 3.05) is 31.7 Å². The van der Waals surface area contributed by atoms with E-state index in [1.165, 1.54) is 5.56 Å². The number of rotatable bonds is 3. The second-order valence-corrected chi connectivity index (χ2v) is 5.23. The highest BCUT2D eigenvalue weighted by Gasteiger charge is 2.25. The lowest BCUT2D eigenvalue weighted by Gasteiger charge is -2.28. The third-order valence-electron chi connectivity index (χ3n) is 3.47. The summed E-state index contributed by atoms with van der Waals surface area (Å²) >= 11 is 0. The van der Waals surface area contributed by atoms with Gasteiger partial charge in [-0.1, -0.05) is 26.0 Å². The first kappa shape index (κ1) is 14.0. The van der Waals surface area contributed by atoms with Gasteiger partial charge in [-0.2, -0.15) is 0 Å². The Morgan fingerprint density at radius 2 is 2.26 bits per heavy atom. The zero-order valence-corrected chi connectivity index (χ0v) is 11.8. The molecule has 1 aliphatic heterocycles. The van der Waals surface area contributed by atoms with Crippen LogP contribution in [0, 0.1) is 0 Å².